The fourth-order valence-corrected chi connectivity index (χ4v) is 3.32. The Morgan fingerprint density at radius 2 is 2.20 bits per heavy atom. The van der Waals surface area contributed by atoms with Crippen molar-refractivity contribution in [2.24, 2.45) is 5.92 Å². The molecule has 1 fully saturated rings. The monoisotopic (exact) mass is 345 g/mol. The summed E-state index contributed by atoms with van der Waals surface area (Å²) in [6.45, 7) is 0. The van der Waals surface area contributed by atoms with Crippen LogP contribution in [0.4, 0.5) is 4.39 Å². The van der Waals surface area contributed by atoms with Gasteiger partial charge in [0, 0.05) is 12.6 Å². The highest BCUT2D eigenvalue weighted by atomic mass is 19.1. The second-order valence-electron chi connectivity index (χ2n) is 6.86. The van der Waals surface area contributed by atoms with Gasteiger partial charge in [-0.25, -0.2) is 4.39 Å². The average molecular weight is 345 g/mol. The van der Waals surface area contributed by atoms with Crippen molar-refractivity contribution < 1.29 is 18.7 Å². The Labute approximate surface area is 147 Å². The molecule has 4 nitrogen and oxygen atoms in total. The molecule has 1 amide bonds. The third-order valence-corrected chi connectivity index (χ3v) is 4.98. The van der Waals surface area contributed by atoms with Gasteiger partial charge in [0.2, 0.25) is 5.91 Å². The molecule has 0 radical (unpaired) electrons. The van der Waals surface area contributed by atoms with E-state index < -0.39 is 11.8 Å². The van der Waals surface area contributed by atoms with Gasteiger partial charge in [-0.3, -0.25) is 9.59 Å². The molecule has 1 heterocycles. The summed E-state index contributed by atoms with van der Waals surface area (Å²) in [7, 11) is 1.29. The molecule has 25 heavy (non-hydrogen) atoms. The summed E-state index contributed by atoms with van der Waals surface area (Å²) in [6, 6.07) is 4.71. The minimum Gasteiger partial charge on any atom is -0.469 e. The Bertz CT molecular complexity index is 682. The highest BCUT2D eigenvalue weighted by Crippen LogP contribution is 2.38. The van der Waals surface area contributed by atoms with Crippen LogP contribution < -0.4 is 0 Å². The van der Waals surface area contributed by atoms with Crippen LogP contribution in [0.1, 0.15) is 55.7 Å². The van der Waals surface area contributed by atoms with E-state index in [4.69, 9.17) is 0 Å². The van der Waals surface area contributed by atoms with Gasteiger partial charge >= 0.3 is 5.97 Å². The SMILES string of the molecule is COC(=O)Cc1cc(C(CCC2CC2)N2C=CCCC2=O)ccc1F. The third-order valence-electron chi connectivity index (χ3n) is 4.98. The van der Waals surface area contributed by atoms with Crippen molar-refractivity contribution in [1.29, 1.82) is 0 Å². The smallest absolute Gasteiger partial charge is 0.310 e. The molecule has 0 spiro atoms. The van der Waals surface area contributed by atoms with Gasteiger partial charge in [-0.2, -0.15) is 0 Å². The van der Waals surface area contributed by atoms with E-state index in [0.717, 1.165) is 30.7 Å². The first-order valence-corrected chi connectivity index (χ1v) is 8.91. The molecule has 2 aliphatic rings. The first-order chi connectivity index (χ1) is 12.1. The van der Waals surface area contributed by atoms with Crippen LogP contribution in [0.5, 0.6) is 0 Å². The number of hydrogen-bond donors (Lipinski definition) is 0. The summed E-state index contributed by atoms with van der Waals surface area (Å²) in [4.78, 5) is 25.7. The Hall–Kier alpha value is -2.17. The van der Waals surface area contributed by atoms with Gasteiger partial charge < -0.3 is 9.64 Å². The molecule has 1 saturated carbocycles. The number of rotatable bonds is 7. The van der Waals surface area contributed by atoms with E-state index in [2.05, 4.69) is 4.74 Å². The van der Waals surface area contributed by atoms with Crippen LogP contribution in [-0.2, 0) is 20.7 Å². The molecule has 3 rings (SSSR count). The minimum atomic E-state index is -0.473. The number of carbonyl (C=O) groups is 2. The zero-order chi connectivity index (χ0) is 17.8. The van der Waals surface area contributed by atoms with Crippen molar-refractivity contribution in [3.05, 3.63) is 47.4 Å². The fourth-order valence-electron chi connectivity index (χ4n) is 3.32. The first-order valence-electron chi connectivity index (χ1n) is 8.91. The molecule has 5 heteroatoms. The van der Waals surface area contributed by atoms with Crippen LogP contribution in [0.25, 0.3) is 0 Å². The van der Waals surface area contributed by atoms with Gasteiger partial charge in [0.25, 0.3) is 0 Å². The maximum atomic E-state index is 14.1. The predicted molar refractivity (Wildman–Crippen MR) is 92.0 cm³/mol. The molecule has 134 valence electrons. The van der Waals surface area contributed by atoms with Crippen LogP contribution in [0.3, 0.4) is 0 Å². The maximum absolute atomic E-state index is 14.1. The van der Waals surface area contributed by atoms with E-state index in [1.54, 1.807) is 17.0 Å². The van der Waals surface area contributed by atoms with Crippen LogP contribution in [-0.4, -0.2) is 23.9 Å². The number of esters is 1. The molecule has 1 aliphatic carbocycles. The lowest BCUT2D eigenvalue weighted by atomic mass is 9.95. The highest BCUT2D eigenvalue weighted by molar-refractivity contribution is 5.79. The van der Waals surface area contributed by atoms with E-state index in [1.165, 1.54) is 26.0 Å². The lowest BCUT2D eigenvalue weighted by molar-refractivity contribution is -0.139. The molecule has 1 aromatic rings. The summed E-state index contributed by atoms with van der Waals surface area (Å²) in [6.07, 6.45) is 9.46. The largest absolute Gasteiger partial charge is 0.469 e. The van der Waals surface area contributed by atoms with Gasteiger partial charge in [-0.1, -0.05) is 31.1 Å². The number of nitrogens with zero attached hydrogens (tertiary/aromatic N) is 1. The van der Waals surface area contributed by atoms with E-state index in [1.807, 2.05) is 12.3 Å². The van der Waals surface area contributed by atoms with Crippen LogP contribution in [0, 0.1) is 11.7 Å². The highest BCUT2D eigenvalue weighted by Gasteiger charge is 2.29. The second-order valence-corrected chi connectivity index (χ2v) is 6.86. The molecule has 0 aromatic heterocycles. The summed E-state index contributed by atoms with van der Waals surface area (Å²) in [5, 5.41) is 0. The maximum Gasteiger partial charge on any atom is 0.310 e. The van der Waals surface area contributed by atoms with Crippen molar-refractivity contribution in [3.8, 4) is 0 Å². The molecule has 0 saturated heterocycles. The third kappa shape index (κ3) is 4.47. The van der Waals surface area contributed by atoms with Crippen molar-refractivity contribution in [1.82, 2.24) is 4.90 Å². The standard InChI is InChI=1S/C20H24FNO3/c1-25-20(24)13-16-12-15(8-9-17(16)21)18(10-7-14-5-6-14)22-11-3-2-4-19(22)23/h3,8-9,11-12,14,18H,2,4-7,10,13H2,1H3. The molecular weight excluding hydrogens is 321 g/mol. The average Bonchev–Trinajstić information content (AvgIpc) is 3.43. The topological polar surface area (TPSA) is 46.6 Å². The van der Waals surface area contributed by atoms with E-state index >= 15 is 0 Å². The predicted octanol–water partition coefficient (Wildman–Crippen LogP) is 3.91. The molecule has 1 atom stereocenters. The Kier molecular flexibility index (Phi) is 5.51. The van der Waals surface area contributed by atoms with Crippen LogP contribution in [0.15, 0.2) is 30.5 Å². The summed E-state index contributed by atoms with van der Waals surface area (Å²) < 4.78 is 18.7. The Morgan fingerprint density at radius 1 is 1.40 bits per heavy atom. The number of carbonyl (C=O) groups excluding carboxylic acids is 2. The molecule has 0 bridgehead atoms. The zero-order valence-electron chi connectivity index (χ0n) is 14.5. The van der Waals surface area contributed by atoms with E-state index in [0.29, 0.717) is 12.0 Å². The van der Waals surface area contributed by atoms with E-state index in [9.17, 15) is 14.0 Å². The van der Waals surface area contributed by atoms with Crippen molar-refractivity contribution in [3.63, 3.8) is 0 Å². The number of methoxy groups -OCH3 is 1. The van der Waals surface area contributed by atoms with Gasteiger partial charge in [0.05, 0.1) is 19.6 Å². The van der Waals surface area contributed by atoms with E-state index in [-0.39, 0.29) is 18.4 Å². The molecule has 1 aromatic carbocycles. The molecular formula is C20H24FNO3. The number of halogens is 1. The lowest BCUT2D eigenvalue weighted by Crippen LogP contribution is -2.32. The number of allylic oxidation sites excluding steroid dienone is 1. The van der Waals surface area contributed by atoms with Crippen LogP contribution in [0.2, 0.25) is 0 Å². The quantitative estimate of drug-likeness (QED) is 0.704. The minimum absolute atomic E-state index is 0.0992. The van der Waals surface area contributed by atoms with Crippen LogP contribution >= 0.6 is 0 Å². The summed E-state index contributed by atoms with van der Waals surface area (Å²) in [5.41, 5.74) is 1.19. The second kappa shape index (κ2) is 7.81. The van der Waals surface area contributed by atoms with Gasteiger partial charge in [-0.05, 0) is 42.4 Å². The number of amides is 1. The first kappa shape index (κ1) is 17.6. The Balaban J connectivity index is 1.87. The zero-order valence-corrected chi connectivity index (χ0v) is 14.5. The van der Waals surface area contributed by atoms with Crippen molar-refractivity contribution in [2.45, 2.75) is 51.0 Å². The summed E-state index contributed by atoms with van der Waals surface area (Å²) in [5.74, 6) is -0.0429. The number of benzene rings is 1. The van der Waals surface area contributed by atoms with Crippen molar-refractivity contribution in [2.75, 3.05) is 7.11 Å². The lowest BCUT2D eigenvalue weighted by Gasteiger charge is -2.32. The van der Waals surface area contributed by atoms with Gasteiger partial charge in [0.15, 0.2) is 0 Å². The van der Waals surface area contributed by atoms with Crippen molar-refractivity contribution >= 4 is 11.9 Å². The number of hydrogen-bond acceptors (Lipinski definition) is 3. The Morgan fingerprint density at radius 3 is 2.88 bits per heavy atom. The molecule has 0 N–H and O–H groups in total. The summed E-state index contributed by atoms with van der Waals surface area (Å²) >= 11 is 0. The van der Waals surface area contributed by atoms with Gasteiger partial charge in [-0.15, -0.1) is 0 Å². The fraction of sp³-hybridized carbons (Fsp3) is 0.500. The number of ether oxygens (including phenoxy) is 1. The molecule has 1 aliphatic heterocycles. The molecule has 1 unspecified atom stereocenters. The normalized spacial score (nSPS) is 18.3. The van der Waals surface area contributed by atoms with Gasteiger partial charge in [0.1, 0.15) is 5.82 Å².